The van der Waals surface area contributed by atoms with Gasteiger partial charge in [0.15, 0.2) is 18.1 Å². The van der Waals surface area contributed by atoms with E-state index in [1.54, 1.807) is 0 Å². The van der Waals surface area contributed by atoms with E-state index in [9.17, 15) is 27.6 Å². The highest BCUT2D eigenvalue weighted by molar-refractivity contribution is 9.10. The summed E-state index contributed by atoms with van der Waals surface area (Å²) in [4.78, 5) is 35.9. The molecule has 10 nitrogen and oxygen atoms in total. The van der Waals surface area contributed by atoms with E-state index >= 15 is 0 Å². The lowest BCUT2D eigenvalue weighted by Gasteiger charge is -2.15. The number of hydrazone groups is 1. The third kappa shape index (κ3) is 10.9. The number of hydrogen-bond acceptors (Lipinski definition) is 7. The maximum atomic E-state index is 13.3. The highest BCUT2D eigenvalue weighted by atomic mass is 79.9. The first kappa shape index (κ1) is 31.6. The molecule has 0 heterocycles. The van der Waals surface area contributed by atoms with Crippen LogP contribution in [0.3, 0.4) is 0 Å². The number of nitrogens with one attached hydrogen (secondary N) is 3. The summed E-state index contributed by atoms with van der Waals surface area (Å²) in [5.74, 6) is -2.28. The van der Waals surface area contributed by atoms with Gasteiger partial charge in [-0.1, -0.05) is 15.9 Å². The van der Waals surface area contributed by atoms with Crippen LogP contribution >= 0.6 is 15.9 Å². The summed E-state index contributed by atoms with van der Waals surface area (Å²) < 4.78 is 56.0. The number of anilines is 1. The van der Waals surface area contributed by atoms with Gasteiger partial charge in [-0.05, 0) is 62.2 Å². The van der Waals surface area contributed by atoms with Crippen molar-refractivity contribution in [3.8, 4) is 11.5 Å². The van der Waals surface area contributed by atoms with Gasteiger partial charge >= 0.3 is 18.0 Å². The van der Waals surface area contributed by atoms with Crippen LogP contribution in [0, 0.1) is 0 Å². The number of hydrogen-bond donors (Lipinski definition) is 3. The first-order chi connectivity index (χ1) is 18.4. The Balaban J connectivity index is 1.89. The molecule has 212 valence electrons. The van der Waals surface area contributed by atoms with Crippen LogP contribution in [0.4, 0.5) is 18.9 Å². The molecule has 2 aromatic carbocycles. The Labute approximate surface area is 231 Å². The van der Waals surface area contributed by atoms with Crippen LogP contribution in [-0.2, 0) is 25.3 Å². The van der Waals surface area contributed by atoms with Crippen LogP contribution in [-0.4, -0.2) is 56.9 Å². The van der Waals surface area contributed by atoms with Crippen molar-refractivity contribution in [1.82, 2.24) is 10.7 Å². The number of alkyl halides is 3. The molecule has 0 aromatic heterocycles. The minimum absolute atomic E-state index is 0.0786. The van der Waals surface area contributed by atoms with E-state index in [1.165, 1.54) is 37.6 Å². The third-order valence-corrected chi connectivity index (χ3v) is 5.24. The van der Waals surface area contributed by atoms with Crippen molar-refractivity contribution in [2.24, 2.45) is 5.10 Å². The summed E-state index contributed by atoms with van der Waals surface area (Å²) in [5.41, 5.74) is 1.15. The summed E-state index contributed by atoms with van der Waals surface area (Å²) >= 11 is 2.98. The van der Waals surface area contributed by atoms with Gasteiger partial charge in [0.2, 0.25) is 0 Å². The molecule has 0 aliphatic carbocycles. The second-order valence-electron chi connectivity index (χ2n) is 8.16. The number of amides is 3. The Kier molecular flexibility index (Phi) is 12.2. The van der Waals surface area contributed by atoms with Crippen molar-refractivity contribution in [2.75, 3.05) is 32.2 Å². The lowest BCUT2D eigenvalue weighted by Crippen LogP contribution is -2.38. The van der Waals surface area contributed by atoms with Gasteiger partial charge < -0.3 is 24.8 Å². The lowest BCUT2D eigenvalue weighted by atomic mass is 10.1. The van der Waals surface area contributed by atoms with E-state index in [-0.39, 0.29) is 28.6 Å². The molecule has 0 spiro atoms. The fourth-order valence-corrected chi connectivity index (χ4v) is 3.32. The van der Waals surface area contributed by atoms with Crippen molar-refractivity contribution >= 4 is 45.6 Å². The van der Waals surface area contributed by atoms with E-state index < -0.39 is 41.8 Å². The number of benzene rings is 2. The Morgan fingerprint density at radius 1 is 1.08 bits per heavy atom. The van der Waals surface area contributed by atoms with E-state index in [2.05, 4.69) is 37.1 Å². The minimum Gasteiger partial charge on any atom is -0.493 e. The van der Waals surface area contributed by atoms with Crippen molar-refractivity contribution in [3.63, 3.8) is 0 Å². The second kappa shape index (κ2) is 15.1. The smallest absolute Gasteiger partial charge is 0.418 e. The van der Waals surface area contributed by atoms with Crippen LogP contribution in [0.15, 0.2) is 46.0 Å². The molecular formula is C25H28BrF3N4O6. The topological polar surface area (TPSA) is 127 Å². The molecule has 2 aromatic rings. The summed E-state index contributed by atoms with van der Waals surface area (Å²) in [7, 11) is 1.35. The highest BCUT2D eigenvalue weighted by Crippen LogP contribution is 2.36. The summed E-state index contributed by atoms with van der Waals surface area (Å²) in [6.07, 6.45) is -2.78. The number of halogens is 4. The Bertz CT molecular complexity index is 1190. The highest BCUT2D eigenvalue weighted by Gasteiger charge is 2.34. The molecule has 0 aliphatic rings. The van der Waals surface area contributed by atoms with Crippen LogP contribution in [0.5, 0.6) is 11.5 Å². The SMILES string of the molecule is COc1cc(/C=N\NC(=O)C(=O)NCCCOC(C)C)ccc1OCC(=O)Nc1ccc(Br)cc1C(F)(F)F. The fraction of sp³-hybridized carbons (Fsp3) is 0.360. The molecule has 0 bridgehead atoms. The number of carbonyl (C=O) groups is 3. The number of nitrogens with zero attached hydrogens (tertiary/aromatic N) is 1. The van der Waals surface area contributed by atoms with Crippen molar-refractivity contribution in [3.05, 3.63) is 52.0 Å². The van der Waals surface area contributed by atoms with Gasteiger partial charge in [0.1, 0.15) is 0 Å². The van der Waals surface area contributed by atoms with Gasteiger partial charge in [-0.15, -0.1) is 0 Å². The Hall–Kier alpha value is -3.65. The van der Waals surface area contributed by atoms with E-state index in [0.29, 0.717) is 18.6 Å². The molecule has 0 saturated heterocycles. The predicted octanol–water partition coefficient (Wildman–Crippen LogP) is 3.88. The fourth-order valence-electron chi connectivity index (χ4n) is 2.96. The van der Waals surface area contributed by atoms with Gasteiger partial charge in [-0.25, -0.2) is 5.43 Å². The monoisotopic (exact) mass is 616 g/mol. The normalized spacial score (nSPS) is 11.4. The molecule has 0 radical (unpaired) electrons. The summed E-state index contributed by atoms with van der Waals surface area (Å²) in [6.45, 7) is 3.92. The zero-order chi connectivity index (χ0) is 29.0. The van der Waals surface area contributed by atoms with E-state index in [1.807, 2.05) is 13.8 Å². The van der Waals surface area contributed by atoms with Gasteiger partial charge in [0, 0.05) is 17.6 Å². The molecule has 0 atom stereocenters. The molecule has 0 aliphatic heterocycles. The van der Waals surface area contributed by atoms with Crippen LogP contribution in [0.25, 0.3) is 0 Å². The van der Waals surface area contributed by atoms with Gasteiger partial charge in [-0.3, -0.25) is 14.4 Å². The Morgan fingerprint density at radius 3 is 2.49 bits per heavy atom. The maximum Gasteiger partial charge on any atom is 0.418 e. The van der Waals surface area contributed by atoms with Crippen molar-refractivity contribution in [1.29, 1.82) is 0 Å². The first-order valence-electron chi connectivity index (χ1n) is 11.6. The largest absolute Gasteiger partial charge is 0.493 e. The van der Waals surface area contributed by atoms with Crippen molar-refractivity contribution in [2.45, 2.75) is 32.5 Å². The van der Waals surface area contributed by atoms with Crippen LogP contribution < -0.4 is 25.5 Å². The molecule has 39 heavy (non-hydrogen) atoms. The first-order valence-corrected chi connectivity index (χ1v) is 12.4. The molecule has 0 saturated carbocycles. The molecule has 2 rings (SSSR count). The van der Waals surface area contributed by atoms with E-state index in [4.69, 9.17) is 14.2 Å². The average Bonchev–Trinajstić information content (AvgIpc) is 2.87. The Morgan fingerprint density at radius 2 is 1.82 bits per heavy atom. The second-order valence-corrected chi connectivity index (χ2v) is 9.08. The summed E-state index contributed by atoms with van der Waals surface area (Å²) in [6, 6.07) is 7.81. The lowest BCUT2D eigenvalue weighted by molar-refractivity contribution is -0.139. The molecule has 0 unspecified atom stereocenters. The quantitative estimate of drug-likeness (QED) is 0.144. The zero-order valence-electron chi connectivity index (χ0n) is 21.4. The van der Waals surface area contributed by atoms with Gasteiger partial charge in [-0.2, -0.15) is 18.3 Å². The van der Waals surface area contributed by atoms with Crippen molar-refractivity contribution < 1.29 is 41.8 Å². The predicted molar refractivity (Wildman–Crippen MR) is 141 cm³/mol. The van der Waals surface area contributed by atoms with Gasteiger partial charge in [0.25, 0.3) is 5.91 Å². The number of methoxy groups -OCH3 is 1. The molecule has 3 N–H and O–H groups in total. The molecule has 3 amide bonds. The number of rotatable bonds is 12. The third-order valence-electron chi connectivity index (χ3n) is 4.75. The van der Waals surface area contributed by atoms with Gasteiger partial charge in [0.05, 0.1) is 30.7 Å². The zero-order valence-corrected chi connectivity index (χ0v) is 22.9. The molecular weight excluding hydrogens is 589 g/mol. The molecule has 14 heteroatoms. The standard InChI is InChI=1S/C25H28BrF3N4O6/c1-15(2)38-10-4-9-30-23(35)24(36)33-31-13-16-5-8-20(21(11-16)37-3)39-14-22(34)32-19-7-6-17(26)12-18(19)25(27,28)29/h5-8,11-13,15H,4,9-10,14H2,1-3H3,(H,30,35)(H,32,34)(H,33,36)/b31-13-. The molecule has 0 fully saturated rings. The number of carbonyl (C=O) groups excluding carboxylic acids is 3. The van der Waals surface area contributed by atoms with Crippen LogP contribution in [0.1, 0.15) is 31.4 Å². The number of ether oxygens (including phenoxy) is 3. The van der Waals surface area contributed by atoms with E-state index in [0.717, 1.165) is 12.1 Å². The minimum atomic E-state index is -4.67. The van der Waals surface area contributed by atoms with Crippen LogP contribution in [0.2, 0.25) is 0 Å². The maximum absolute atomic E-state index is 13.3. The summed E-state index contributed by atoms with van der Waals surface area (Å²) in [5, 5.41) is 8.36. The average molecular weight is 617 g/mol.